The maximum atomic E-state index is 6.05. The van der Waals surface area contributed by atoms with Crippen molar-refractivity contribution in [3.8, 4) is 0 Å². The van der Waals surface area contributed by atoms with Crippen LogP contribution in [0.4, 0.5) is 0 Å². The molecule has 4 atom stereocenters. The minimum absolute atomic E-state index is 0.502. The van der Waals surface area contributed by atoms with Crippen LogP contribution in [0.3, 0.4) is 0 Å². The minimum Gasteiger partial charge on any atom is -0.472 e. The molecule has 4 heterocycles. The van der Waals surface area contributed by atoms with E-state index in [1.165, 1.54) is 12.8 Å². The van der Waals surface area contributed by atoms with Gasteiger partial charge < -0.3 is 19.4 Å². The summed E-state index contributed by atoms with van der Waals surface area (Å²) < 4.78 is 11.2. The molecule has 3 fully saturated rings. The van der Waals surface area contributed by atoms with Gasteiger partial charge in [-0.2, -0.15) is 0 Å². The summed E-state index contributed by atoms with van der Waals surface area (Å²) in [5.41, 5.74) is 1.12. The van der Waals surface area contributed by atoms with Gasteiger partial charge in [-0.1, -0.05) is 0 Å². The van der Waals surface area contributed by atoms with Crippen LogP contribution < -0.4 is 5.32 Å². The first-order valence-electron chi connectivity index (χ1n) is 8.05. The number of rotatable bonds is 3. The molecule has 4 unspecified atom stereocenters. The zero-order chi connectivity index (χ0) is 14.2. The summed E-state index contributed by atoms with van der Waals surface area (Å²) in [5.74, 6) is 2.45. The van der Waals surface area contributed by atoms with Crippen LogP contribution >= 0.6 is 0 Å². The summed E-state index contributed by atoms with van der Waals surface area (Å²) in [6.45, 7) is 5.87. The smallest absolute Gasteiger partial charge is 0.194 e. The summed E-state index contributed by atoms with van der Waals surface area (Å²) in [6, 6.07) is 1.97. The van der Waals surface area contributed by atoms with Crippen molar-refractivity contribution in [2.75, 3.05) is 19.6 Å². The average Bonchev–Trinajstić information content (AvgIpc) is 3.25. The molecule has 1 aromatic rings. The van der Waals surface area contributed by atoms with Gasteiger partial charge in [0.2, 0.25) is 0 Å². The van der Waals surface area contributed by atoms with Crippen molar-refractivity contribution in [2.24, 2.45) is 16.8 Å². The Morgan fingerprint density at radius 3 is 2.71 bits per heavy atom. The zero-order valence-corrected chi connectivity index (χ0v) is 12.5. The van der Waals surface area contributed by atoms with Gasteiger partial charge in [0.05, 0.1) is 31.3 Å². The van der Waals surface area contributed by atoms with Gasteiger partial charge in [0, 0.05) is 37.0 Å². The molecule has 3 aliphatic rings. The molecular weight excluding hydrogens is 266 g/mol. The lowest BCUT2D eigenvalue weighted by atomic mass is 9.82. The number of fused-ring (bicyclic) bond motifs is 5. The first-order valence-corrected chi connectivity index (χ1v) is 8.05. The van der Waals surface area contributed by atoms with Gasteiger partial charge in [0.15, 0.2) is 5.96 Å². The van der Waals surface area contributed by atoms with E-state index in [1.807, 2.05) is 6.07 Å². The summed E-state index contributed by atoms with van der Waals surface area (Å²) in [7, 11) is 0. The lowest BCUT2D eigenvalue weighted by molar-refractivity contribution is 0.0767. The van der Waals surface area contributed by atoms with E-state index in [4.69, 9.17) is 14.1 Å². The van der Waals surface area contributed by atoms with E-state index in [1.54, 1.807) is 12.5 Å². The van der Waals surface area contributed by atoms with Gasteiger partial charge in [-0.05, 0) is 25.8 Å². The Labute approximate surface area is 125 Å². The highest BCUT2D eigenvalue weighted by Crippen LogP contribution is 2.47. The van der Waals surface area contributed by atoms with Crippen LogP contribution in [-0.2, 0) is 11.3 Å². The molecule has 0 aliphatic carbocycles. The Balaban J connectivity index is 1.46. The van der Waals surface area contributed by atoms with Crippen molar-refractivity contribution in [3.05, 3.63) is 24.2 Å². The van der Waals surface area contributed by atoms with Crippen LogP contribution in [0.15, 0.2) is 28.0 Å². The van der Waals surface area contributed by atoms with Crippen LogP contribution in [-0.4, -0.2) is 42.7 Å². The second-order valence-corrected chi connectivity index (χ2v) is 6.32. The molecule has 2 bridgehead atoms. The van der Waals surface area contributed by atoms with Crippen LogP contribution in [0.5, 0.6) is 0 Å². The second kappa shape index (κ2) is 5.37. The molecule has 1 aromatic heterocycles. The Morgan fingerprint density at radius 2 is 2.10 bits per heavy atom. The first kappa shape index (κ1) is 13.2. The van der Waals surface area contributed by atoms with E-state index in [0.29, 0.717) is 30.6 Å². The summed E-state index contributed by atoms with van der Waals surface area (Å²) in [5, 5.41) is 3.43. The highest BCUT2D eigenvalue weighted by Gasteiger charge is 2.53. The van der Waals surface area contributed by atoms with E-state index >= 15 is 0 Å². The van der Waals surface area contributed by atoms with Gasteiger partial charge in [-0.15, -0.1) is 0 Å². The fourth-order valence-electron chi connectivity index (χ4n) is 4.11. The van der Waals surface area contributed by atoms with E-state index in [-0.39, 0.29) is 0 Å². The van der Waals surface area contributed by atoms with Crippen LogP contribution in [0.1, 0.15) is 25.3 Å². The molecule has 0 amide bonds. The molecule has 1 N–H and O–H groups in total. The Morgan fingerprint density at radius 1 is 1.33 bits per heavy atom. The number of nitrogens with zero attached hydrogens (tertiary/aromatic N) is 2. The highest BCUT2D eigenvalue weighted by molar-refractivity contribution is 5.80. The molecule has 3 aliphatic heterocycles. The molecule has 114 valence electrons. The summed E-state index contributed by atoms with van der Waals surface area (Å²) in [6.07, 6.45) is 6.97. The number of guanidine groups is 1. The number of hydrogen-bond acceptors (Lipinski definition) is 3. The molecule has 4 rings (SSSR count). The average molecular weight is 289 g/mol. The van der Waals surface area contributed by atoms with E-state index in [9.17, 15) is 0 Å². The molecule has 0 radical (unpaired) electrons. The second-order valence-electron chi connectivity index (χ2n) is 6.32. The van der Waals surface area contributed by atoms with E-state index in [2.05, 4.69) is 17.1 Å². The lowest BCUT2D eigenvalue weighted by Gasteiger charge is -2.23. The van der Waals surface area contributed by atoms with Crippen LogP contribution in [0.25, 0.3) is 0 Å². The van der Waals surface area contributed by atoms with Gasteiger partial charge in [0.25, 0.3) is 0 Å². The van der Waals surface area contributed by atoms with Crippen molar-refractivity contribution in [3.63, 3.8) is 0 Å². The quantitative estimate of drug-likeness (QED) is 0.681. The van der Waals surface area contributed by atoms with Gasteiger partial charge in [-0.25, -0.2) is 4.99 Å². The molecule has 0 aromatic carbocycles. The van der Waals surface area contributed by atoms with Gasteiger partial charge in [0.1, 0.15) is 0 Å². The largest absolute Gasteiger partial charge is 0.472 e. The number of nitrogens with one attached hydrogen (secondary N) is 1. The lowest BCUT2D eigenvalue weighted by Crippen LogP contribution is -2.41. The van der Waals surface area contributed by atoms with Crippen LogP contribution in [0, 0.1) is 11.8 Å². The maximum Gasteiger partial charge on any atom is 0.194 e. The molecule has 0 spiro atoms. The van der Waals surface area contributed by atoms with Crippen molar-refractivity contribution in [1.29, 1.82) is 0 Å². The fourth-order valence-corrected chi connectivity index (χ4v) is 4.11. The third-order valence-corrected chi connectivity index (χ3v) is 5.08. The monoisotopic (exact) mass is 289 g/mol. The standard InChI is InChI=1S/C16H23N3O2/c1-2-17-16(18-7-11-5-6-20-10-11)19-8-12-13(9-19)15-4-3-14(12)21-15/h5-6,10,12-15H,2-4,7-9H2,1H3,(H,17,18). The molecule has 5 heteroatoms. The number of aliphatic imine (C=N–C) groups is 1. The molecule has 5 nitrogen and oxygen atoms in total. The normalized spacial score (nSPS) is 34.5. The zero-order valence-electron chi connectivity index (χ0n) is 12.5. The predicted octanol–water partition coefficient (Wildman–Crippen LogP) is 1.85. The van der Waals surface area contributed by atoms with Crippen molar-refractivity contribution < 1.29 is 9.15 Å². The summed E-state index contributed by atoms with van der Waals surface area (Å²) in [4.78, 5) is 7.19. The van der Waals surface area contributed by atoms with Gasteiger partial charge in [-0.3, -0.25) is 0 Å². The highest BCUT2D eigenvalue weighted by atomic mass is 16.5. The fraction of sp³-hybridized carbons (Fsp3) is 0.688. The minimum atomic E-state index is 0.502. The number of furan rings is 1. The Kier molecular flexibility index (Phi) is 3.37. The third-order valence-electron chi connectivity index (χ3n) is 5.08. The number of likely N-dealkylation sites (tertiary alicyclic amines) is 1. The molecular formula is C16H23N3O2. The van der Waals surface area contributed by atoms with Crippen LogP contribution in [0.2, 0.25) is 0 Å². The van der Waals surface area contributed by atoms with Crippen molar-refractivity contribution in [1.82, 2.24) is 10.2 Å². The summed E-state index contributed by atoms with van der Waals surface area (Å²) >= 11 is 0. The maximum absolute atomic E-state index is 6.05. The molecule has 0 saturated carbocycles. The van der Waals surface area contributed by atoms with Gasteiger partial charge >= 0.3 is 0 Å². The van der Waals surface area contributed by atoms with Crippen molar-refractivity contribution >= 4 is 5.96 Å². The molecule has 21 heavy (non-hydrogen) atoms. The van der Waals surface area contributed by atoms with E-state index < -0.39 is 0 Å². The first-order chi connectivity index (χ1) is 10.3. The number of ether oxygens (including phenoxy) is 1. The van der Waals surface area contributed by atoms with E-state index in [0.717, 1.165) is 31.2 Å². The Hall–Kier alpha value is -1.49. The molecule has 3 saturated heterocycles. The predicted molar refractivity (Wildman–Crippen MR) is 80.0 cm³/mol. The number of hydrogen-bond donors (Lipinski definition) is 1. The topological polar surface area (TPSA) is 50.0 Å². The third kappa shape index (κ3) is 2.33. The SMILES string of the molecule is CCNC(=NCc1ccoc1)N1CC2C3CCC(O3)C2C1. The van der Waals surface area contributed by atoms with Crippen molar-refractivity contribution in [2.45, 2.75) is 38.5 Å². The Bertz CT molecular complexity index is 496.